The van der Waals surface area contributed by atoms with Gasteiger partial charge in [0.05, 0.1) is 23.5 Å². The Morgan fingerprint density at radius 1 is 1.19 bits per heavy atom. The predicted octanol–water partition coefficient (Wildman–Crippen LogP) is 2.92. The lowest BCUT2D eigenvalue weighted by atomic mass is 10.1. The fourth-order valence-corrected chi connectivity index (χ4v) is 3.67. The van der Waals surface area contributed by atoms with Crippen LogP contribution in [0.3, 0.4) is 0 Å². The van der Waals surface area contributed by atoms with E-state index in [1.54, 1.807) is 30.3 Å². The maximum atomic E-state index is 12.2. The number of carbonyl (C=O) groups is 1. The maximum absolute atomic E-state index is 12.2. The zero-order valence-corrected chi connectivity index (χ0v) is 17.1. The number of anilines is 1. The molecule has 0 heterocycles. The van der Waals surface area contributed by atoms with Gasteiger partial charge in [0.1, 0.15) is 18.9 Å². The molecule has 2 aromatic rings. The Bertz CT molecular complexity index is 916. The van der Waals surface area contributed by atoms with Crippen molar-refractivity contribution in [3.05, 3.63) is 58.6 Å². The molecule has 0 aliphatic rings. The summed E-state index contributed by atoms with van der Waals surface area (Å²) in [5.74, 6) is 0.115. The zero-order valence-electron chi connectivity index (χ0n) is 15.5. The highest BCUT2D eigenvalue weighted by Gasteiger charge is 2.22. The Kier molecular flexibility index (Phi) is 7.10. The molecule has 2 rings (SSSR count). The summed E-state index contributed by atoms with van der Waals surface area (Å²) in [6.07, 6.45) is 1.08. The summed E-state index contributed by atoms with van der Waals surface area (Å²) in [4.78, 5) is 12.2. The first-order chi connectivity index (χ1) is 12.7. The summed E-state index contributed by atoms with van der Waals surface area (Å²) < 4.78 is 30.9. The number of hydrogen-bond donors (Lipinski definition) is 1. The molecule has 0 aliphatic heterocycles. The number of carbonyl (C=O) groups excluding carboxylic acids is 1. The van der Waals surface area contributed by atoms with Gasteiger partial charge >= 0.3 is 0 Å². The average molecular weight is 411 g/mol. The first kappa shape index (κ1) is 21.1. The third-order valence-corrected chi connectivity index (χ3v) is 5.27. The minimum absolute atomic E-state index is 0.220. The normalized spacial score (nSPS) is 11.1. The second kappa shape index (κ2) is 9.10. The standard InChI is InChI=1S/C19H23ClN2O4S/c1-14-8-9-17(15(2)12-14)22(27(3,24)25)13-19(23)21-10-11-26-18-7-5-4-6-16(18)20/h4-9,12H,10-11,13H2,1-3H3,(H,21,23). The van der Waals surface area contributed by atoms with Crippen LogP contribution in [-0.4, -0.2) is 40.3 Å². The largest absolute Gasteiger partial charge is 0.490 e. The van der Waals surface area contributed by atoms with Crippen LogP contribution in [0.15, 0.2) is 42.5 Å². The number of halogens is 1. The van der Waals surface area contributed by atoms with E-state index in [9.17, 15) is 13.2 Å². The number of nitrogens with one attached hydrogen (secondary N) is 1. The summed E-state index contributed by atoms with van der Waals surface area (Å²) in [6, 6.07) is 12.4. The van der Waals surface area contributed by atoms with E-state index in [1.807, 2.05) is 26.0 Å². The monoisotopic (exact) mass is 410 g/mol. The number of para-hydroxylation sites is 1. The van der Waals surface area contributed by atoms with E-state index in [2.05, 4.69) is 5.32 Å². The van der Waals surface area contributed by atoms with Crippen LogP contribution >= 0.6 is 11.6 Å². The zero-order chi connectivity index (χ0) is 20.0. The van der Waals surface area contributed by atoms with Gasteiger partial charge in [-0.3, -0.25) is 9.10 Å². The van der Waals surface area contributed by atoms with E-state index in [4.69, 9.17) is 16.3 Å². The van der Waals surface area contributed by atoms with Crippen molar-refractivity contribution in [2.45, 2.75) is 13.8 Å². The van der Waals surface area contributed by atoms with Crippen LogP contribution in [0.5, 0.6) is 5.75 Å². The summed E-state index contributed by atoms with van der Waals surface area (Å²) in [5, 5.41) is 3.15. The number of ether oxygens (including phenoxy) is 1. The third kappa shape index (κ3) is 6.15. The molecule has 0 atom stereocenters. The number of benzene rings is 2. The molecule has 6 nitrogen and oxygen atoms in total. The lowest BCUT2D eigenvalue weighted by Gasteiger charge is -2.24. The minimum Gasteiger partial charge on any atom is -0.490 e. The van der Waals surface area contributed by atoms with E-state index < -0.39 is 15.9 Å². The van der Waals surface area contributed by atoms with E-state index in [0.717, 1.165) is 21.7 Å². The Balaban J connectivity index is 1.95. The van der Waals surface area contributed by atoms with Crippen LogP contribution in [-0.2, 0) is 14.8 Å². The molecular weight excluding hydrogens is 388 g/mol. The first-order valence-electron chi connectivity index (χ1n) is 8.37. The summed E-state index contributed by atoms with van der Waals surface area (Å²) in [7, 11) is -3.60. The topological polar surface area (TPSA) is 75.7 Å². The highest BCUT2D eigenvalue weighted by atomic mass is 35.5. The minimum atomic E-state index is -3.60. The molecule has 0 fully saturated rings. The number of amides is 1. The molecule has 0 radical (unpaired) electrons. The van der Waals surface area contributed by atoms with E-state index in [0.29, 0.717) is 16.5 Å². The molecule has 0 unspecified atom stereocenters. The molecule has 0 aromatic heterocycles. The molecule has 0 saturated heterocycles. The molecule has 8 heteroatoms. The number of sulfonamides is 1. The quantitative estimate of drug-likeness (QED) is 0.679. The molecular formula is C19H23ClN2O4S. The highest BCUT2D eigenvalue weighted by molar-refractivity contribution is 7.92. The van der Waals surface area contributed by atoms with Crippen molar-refractivity contribution >= 4 is 33.2 Å². The molecule has 27 heavy (non-hydrogen) atoms. The van der Waals surface area contributed by atoms with Crippen molar-refractivity contribution in [2.75, 3.05) is 30.3 Å². The fraction of sp³-hybridized carbons (Fsp3) is 0.316. The Labute approximate surface area is 165 Å². The number of nitrogens with zero attached hydrogens (tertiary/aromatic N) is 1. The van der Waals surface area contributed by atoms with Gasteiger partial charge in [-0.2, -0.15) is 0 Å². The lowest BCUT2D eigenvalue weighted by molar-refractivity contribution is -0.119. The molecule has 0 spiro atoms. The van der Waals surface area contributed by atoms with Crippen LogP contribution in [0.1, 0.15) is 11.1 Å². The average Bonchev–Trinajstić information content (AvgIpc) is 2.58. The van der Waals surface area contributed by atoms with Crippen molar-refractivity contribution in [3.8, 4) is 5.75 Å². The van der Waals surface area contributed by atoms with Crippen LogP contribution in [0.25, 0.3) is 0 Å². The maximum Gasteiger partial charge on any atom is 0.240 e. The number of hydrogen-bond acceptors (Lipinski definition) is 4. The van der Waals surface area contributed by atoms with Gasteiger partial charge in [0.25, 0.3) is 0 Å². The summed E-state index contributed by atoms with van der Waals surface area (Å²) >= 11 is 5.99. The lowest BCUT2D eigenvalue weighted by Crippen LogP contribution is -2.41. The van der Waals surface area contributed by atoms with Crippen molar-refractivity contribution in [1.29, 1.82) is 0 Å². The second-order valence-corrected chi connectivity index (χ2v) is 8.50. The summed E-state index contributed by atoms with van der Waals surface area (Å²) in [6.45, 7) is 3.89. The first-order valence-corrected chi connectivity index (χ1v) is 10.6. The van der Waals surface area contributed by atoms with Crippen LogP contribution in [0.4, 0.5) is 5.69 Å². The Hall–Kier alpha value is -2.25. The Morgan fingerprint density at radius 3 is 2.52 bits per heavy atom. The SMILES string of the molecule is Cc1ccc(N(CC(=O)NCCOc2ccccc2Cl)S(C)(=O)=O)c(C)c1. The highest BCUT2D eigenvalue weighted by Crippen LogP contribution is 2.24. The summed E-state index contributed by atoms with van der Waals surface area (Å²) in [5.41, 5.74) is 2.30. The van der Waals surface area contributed by atoms with Gasteiger partial charge in [0.2, 0.25) is 15.9 Å². The van der Waals surface area contributed by atoms with Crippen LogP contribution < -0.4 is 14.4 Å². The van der Waals surface area contributed by atoms with Crippen LogP contribution in [0, 0.1) is 13.8 Å². The van der Waals surface area contributed by atoms with Crippen molar-refractivity contribution in [2.24, 2.45) is 0 Å². The van der Waals surface area contributed by atoms with Crippen molar-refractivity contribution in [1.82, 2.24) is 5.32 Å². The molecule has 1 amide bonds. The molecule has 2 aromatic carbocycles. The fourth-order valence-electron chi connectivity index (χ4n) is 2.57. The van der Waals surface area contributed by atoms with E-state index in [-0.39, 0.29) is 19.7 Å². The molecule has 0 aliphatic carbocycles. The molecule has 146 valence electrons. The van der Waals surface area contributed by atoms with Crippen LogP contribution in [0.2, 0.25) is 5.02 Å². The van der Waals surface area contributed by atoms with Crippen molar-refractivity contribution < 1.29 is 17.9 Å². The second-order valence-electron chi connectivity index (χ2n) is 6.19. The predicted molar refractivity (Wildman–Crippen MR) is 108 cm³/mol. The van der Waals surface area contributed by atoms with Gasteiger partial charge in [0.15, 0.2) is 0 Å². The molecule has 1 N–H and O–H groups in total. The van der Waals surface area contributed by atoms with Gasteiger partial charge < -0.3 is 10.1 Å². The number of aryl methyl sites for hydroxylation is 2. The smallest absolute Gasteiger partial charge is 0.240 e. The van der Waals surface area contributed by atoms with Gasteiger partial charge in [-0.25, -0.2) is 8.42 Å². The molecule has 0 saturated carbocycles. The van der Waals surface area contributed by atoms with Gasteiger partial charge in [0, 0.05) is 0 Å². The Morgan fingerprint density at radius 2 is 1.89 bits per heavy atom. The van der Waals surface area contributed by atoms with E-state index in [1.165, 1.54) is 0 Å². The van der Waals surface area contributed by atoms with Gasteiger partial charge in [-0.15, -0.1) is 0 Å². The van der Waals surface area contributed by atoms with Crippen molar-refractivity contribution in [3.63, 3.8) is 0 Å². The third-order valence-electron chi connectivity index (χ3n) is 3.83. The molecule has 0 bridgehead atoms. The number of rotatable bonds is 8. The van der Waals surface area contributed by atoms with E-state index >= 15 is 0 Å². The van der Waals surface area contributed by atoms with Gasteiger partial charge in [-0.1, -0.05) is 41.4 Å². The van der Waals surface area contributed by atoms with Gasteiger partial charge in [-0.05, 0) is 37.6 Å².